The van der Waals surface area contributed by atoms with Gasteiger partial charge in [0, 0.05) is 43.6 Å². The van der Waals surface area contributed by atoms with Crippen molar-refractivity contribution < 1.29 is 4.74 Å². The summed E-state index contributed by atoms with van der Waals surface area (Å²) in [6.07, 6.45) is 1.19. The lowest BCUT2D eigenvalue weighted by molar-refractivity contribution is 0.0635. The fourth-order valence-corrected chi connectivity index (χ4v) is 3.26. The van der Waals surface area contributed by atoms with Crippen LogP contribution in [0.1, 0.15) is 32.9 Å². The molecule has 0 N–H and O–H groups in total. The molecule has 0 bridgehead atoms. The van der Waals surface area contributed by atoms with Gasteiger partial charge in [0.05, 0.1) is 18.8 Å². The Morgan fingerprint density at radius 2 is 2.00 bits per heavy atom. The quantitative estimate of drug-likeness (QED) is 0.846. The Bertz CT molecular complexity index is 564. The molecule has 2 fully saturated rings. The lowest BCUT2D eigenvalue weighted by Gasteiger charge is -2.40. The monoisotopic (exact) mass is 305 g/mol. The molecule has 0 aliphatic carbocycles. The SMILES string of the molecule is CC(C)(C)c1ccc(=O)n(CC2CN(CC3CCOC3)C2)n1. The summed E-state index contributed by atoms with van der Waals surface area (Å²) in [4.78, 5) is 14.5. The van der Waals surface area contributed by atoms with Gasteiger partial charge in [-0.05, 0) is 18.4 Å². The van der Waals surface area contributed by atoms with Crippen LogP contribution in [0.25, 0.3) is 0 Å². The molecule has 2 saturated heterocycles. The number of likely N-dealkylation sites (tertiary alicyclic amines) is 1. The van der Waals surface area contributed by atoms with E-state index in [4.69, 9.17) is 4.74 Å². The van der Waals surface area contributed by atoms with E-state index in [0.29, 0.717) is 11.8 Å². The first-order valence-corrected chi connectivity index (χ1v) is 8.30. The molecule has 0 amide bonds. The Labute approximate surface area is 132 Å². The molecule has 122 valence electrons. The first kappa shape index (κ1) is 15.7. The normalized spacial score (nSPS) is 23.7. The van der Waals surface area contributed by atoms with Gasteiger partial charge in [0.1, 0.15) is 0 Å². The highest BCUT2D eigenvalue weighted by Gasteiger charge is 2.30. The van der Waals surface area contributed by atoms with Gasteiger partial charge < -0.3 is 9.64 Å². The zero-order valence-corrected chi connectivity index (χ0v) is 13.9. The summed E-state index contributed by atoms with van der Waals surface area (Å²) in [6, 6.07) is 3.51. The van der Waals surface area contributed by atoms with Crippen molar-refractivity contribution in [3.63, 3.8) is 0 Å². The Kier molecular flexibility index (Phi) is 4.37. The highest BCUT2D eigenvalue weighted by atomic mass is 16.5. The summed E-state index contributed by atoms with van der Waals surface area (Å²) in [5.41, 5.74) is 0.964. The van der Waals surface area contributed by atoms with Crippen molar-refractivity contribution in [1.29, 1.82) is 0 Å². The van der Waals surface area contributed by atoms with Crippen LogP contribution < -0.4 is 5.56 Å². The fourth-order valence-electron chi connectivity index (χ4n) is 3.26. The summed E-state index contributed by atoms with van der Waals surface area (Å²) in [7, 11) is 0. The van der Waals surface area contributed by atoms with E-state index in [1.807, 2.05) is 6.07 Å². The maximum Gasteiger partial charge on any atom is 0.266 e. The summed E-state index contributed by atoms with van der Waals surface area (Å²) in [5, 5.41) is 4.56. The average molecular weight is 305 g/mol. The van der Waals surface area contributed by atoms with E-state index in [-0.39, 0.29) is 11.0 Å². The molecule has 1 aromatic rings. The van der Waals surface area contributed by atoms with Gasteiger partial charge in [0.2, 0.25) is 0 Å². The zero-order chi connectivity index (χ0) is 15.7. The minimum atomic E-state index is -0.0242. The maximum absolute atomic E-state index is 12.0. The smallest absolute Gasteiger partial charge is 0.266 e. The van der Waals surface area contributed by atoms with E-state index in [1.54, 1.807) is 10.7 Å². The maximum atomic E-state index is 12.0. The molecule has 1 atom stereocenters. The predicted octanol–water partition coefficient (Wildman–Crippen LogP) is 1.51. The van der Waals surface area contributed by atoms with Gasteiger partial charge in [-0.2, -0.15) is 5.10 Å². The number of hydrogen-bond acceptors (Lipinski definition) is 4. The summed E-state index contributed by atoms with van der Waals surface area (Å²) >= 11 is 0. The molecule has 5 nitrogen and oxygen atoms in total. The van der Waals surface area contributed by atoms with E-state index in [0.717, 1.165) is 45.1 Å². The zero-order valence-electron chi connectivity index (χ0n) is 13.9. The van der Waals surface area contributed by atoms with Gasteiger partial charge >= 0.3 is 0 Å². The molecule has 2 aliphatic heterocycles. The van der Waals surface area contributed by atoms with Crippen LogP contribution in [0.3, 0.4) is 0 Å². The molecule has 5 heteroatoms. The number of ether oxygens (including phenoxy) is 1. The van der Waals surface area contributed by atoms with Crippen LogP contribution in [-0.4, -0.2) is 47.5 Å². The molecule has 3 rings (SSSR count). The minimum absolute atomic E-state index is 0.00985. The third-order valence-corrected chi connectivity index (χ3v) is 4.64. The van der Waals surface area contributed by atoms with Crippen LogP contribution >= 0.6 is 0 Å². The lowest BCUT2D eigenvalue weighted by Crippen LogP contribution is -2.51. The Morgan fingerprint density at radius 3 is 2.64 bits per heavy atom. The van der Waals surface area contributed by atoms with Crippen molar-refractivity contribution in [3.8, 4) is 0 Å². The standard InChI is InChI=1S/C17H27N3O2/c1-17(2,3)15-4-5-16(21)20(18-15)11-14-9-19(10-14)8-13-6-7-22-12-13/h4-5,13-14H,6-12H2,1-3H3. The molecule has 22 heavy (non-hydrogen) atoms. The molecule has 2 aliphatic rings. The average Bonchev–Trinajstić information content (AvgIpc) is 2.90. The van der Waals surface area contributed by atoms with Gasteiger partial charge in [0.15, 0.2) is 0 Å². The predicted molar refractivity (Wildman–Crippen MR) is 86.1 cm³/mol. The van der Waals surface area contributed by atoms with Crippen LogP contribution in [0.4, 0.5) is 0 Å². The second kappa shape index (κ2) is 6.13. The van der Waals surface area contributed by atoms with Crippen molar-refractivity contribution in [2.75, 3.05) is 32.8 Å². The van der Waals surface area contributed by atoms with Crippen molar-refractivity contribution >= 4 is 0 Å². The van der Waals surface area contributed by atoms with Crippen LogP contribution in [0.2, 0.25) is 0 Å². The lowest BCUT2D eigenvalue weighted by atomic mass is 9.92. The Balaban J connectivity index is 1.55. The first-order valence-electron chi connectivity index (χ1n) is 8.30. The number of nitrogens with zero attached hydrogens (tertiary/aromatic N) is 3. The Hall–Kier alpha value is -1.20. The number of hydrogen-bond donors (Lipinski definition) is 0. The Morgan fingerprint density at radius 1 is 1.23 bits per heavy atom. The number of rotatable bonds is 4. The van der Waals surface area contributed by atoms with E-state index in [9.17, 15) is 4.79 Å². The number of aromatic nitrogens is 2. The third kappa shape index (κ3) is 3.58. The second-order valence-corrected chi connectivity index (χ2v) is 7.80. The molecule has 1 aromatic heterocycles. The molecule has 1 unspecified atom stereocenters. The summed E-state index contributed by atoms with van der Waals surface area (Å²) in [6.45, 7) is 12.2. The summed E-state index contributed by atoms with van der Waals surface area (Å²) in [5.74, 6) is 1.24. The molecular formula is C17H27N3O2. The molecule has 0 saturated carbocycles. The molecule has 0 spiro atoms. The van der Waals surface area contributed by atoms with Crippen LogP contribution in [-0.2, 0) is 16.7 Å². The fraction of sp³-hybridized carbons (Fsp3) is 0.765. The van der Waals surface area contributed by atoms with Crippen LogP contribution in [0.15, 0.2) is 16.9 Å². The summed E-state index contributed by atoms with van der Waals surface area (Å²) < 4.78 is 7.08. The molecular weight excluding hydrogens is 278 g/mol. The van der Waals surface area contributed by atoms with E-state index in [2.05, 4.69) is 30.8 Å². The molecule has 0 radical (unpaired) electrons. The third-order valence-electron chi connectivity index (χ3n) is 4.64. The topological polar surface area (TPSA) is 47.4 Å². The largest absolute Gasteiger partial charge is 0.381 e. The van der Waals surface area contributed by atoms with E-state index >= 15 is 0 Å². The molecule has 0 aromatic carbocycles. The van der Waals surface area contributed by atoms with Crippen LogP contribution in [0.5, 0.6) is 0 Å². The highest BCUT2D eigenvalue weighted by molar-refractivity contribution is 5.10. The van der Waals surface area contributed by atoms with Crippen molar-refractivity contribution in [3.05, 3.63) is 28.2 Å². The van der Waals surface area contributed by atoms with Crippen molar-refractivity contribution in [2.45, 2.75) is 39.2 Å². The van der Waals surface area contributed by atoms with Gasteiger partial charge in [-0.15, -0.1) is 0 Å². The van der Waals surface area contributed by atoms with E-state index in [1.165, 1.54) is 6.42 Å². The first-order chi connectivity index (χ1) is 10.4. The van der Waals surface area contributed by atoms with E-state index < -0.39 is 0 Å². The van der Waals surface area contributed by atoms with Gasteiger partial charge in [-0.3, -0.25) is 4.79 Å². The van der Waals surface area contributed by atoms with Gasteiger partial charge in [-0.25, -0.2) is 4.68 Å². The van der Waals surface area contributed by atoms with Crippen molar-refractivity contribution in [1.82, 2.24) is 14.7 Å². The molecule has 3 heterocycles. The second-order valence-electron chi connectivity index (χ2n) is 7.80. The van der Waals surface area contributed by atoms with Crippen molar-refractivity contribution in [2.24, 2.45) is 11.8 Å². The minimum Gasteiger partial charge on any atom is -0.381 e. The van der Waals surface area contributed by atoms with Crippen LogP contribution in [0, 0.1) is 11.8 Å². The van der Waals surface area contributed by atoms with Gasteiger partial charge in [0.25, 0.3) is 5.56 Å². The van der Waals surface area contributed by atoms with Gasteiger partial charge in [-0.1, -0.05) is 20.8 Å². The highest BCUT2D eigenvalue weighted by Crippen LogP contribution is 2.22.